The van der Waals surface area contributed by atoms with E-state index < -0.39 is 0 Å². The highest BCUT2D eigenvalue weighted by atomic mass is 35.5. The van der Waals surface area contributed by atoms with Crippen molar-refractivity contribution in [3.63, 3.8) is 0 Å². The number of halogens is 1. The molecule has 1 heterocycles. The van der Waals surface area contributed by atoms with Crippen molar-refractivity contribution in [1.29, 1.82) is 0 Å². The first-order valence-corrected chi connectivity index (χ1v) is 10.00. The molecule has 0 aliphatic heterocycles. The smallest absolute Gasteiger partial charge is 0.233 e. The molecule has 0 N–H and O–H groups in total. The Kier molecular flexibility index (Phi) is 6.48. The summed E-state index contributed by atoms with van der Waals surface area (Å²) >= 11 is 7.37. The molecular weight excluding hydrogens is 380 g/mol. The molecule has 0 radical (unpaired) electrons. The molecule has 0 atom stereocenters. The Balaban J connectivity index is 1.61. The molecule has 0 bridgehead atoms. The zero-order valence-electron chi connectivity index (χ0n) is 15.3. The van der Waals surface area contributed by atoms with Crippen molar-refractivity contribution in [1.82, 2.24) is 4.98 Å². The molecule has 27 heavy (non-hydrogen) atoms. The summed E-state index contributed by atoms with van der Waals surface area (Å²) in [4.78, 5) is 19.1. The number of aryl methyl sites for hydroxylation is 1. The number of para-hydroxylation sites is 1. The maximum absolute atomic E-state index is 12.8. The van der Waals surface area contributed by atoms with Gasteiger partial charge < -0.3 is 9.64 Å². The van der Waals surface area contributed by atoms with Gasteiger partial charge in [0.05, 0.1) is 12.1 Å². The summed E-state index contributed by atoms with van der Waals surface area (Å²) in [5, 5.41) is 3.43. The zero-order chi connectivity index (χ0) is 19.2. The second kappa shape index (κ2) is 9.02. The fraction of sp³-hybridized carbons (Fsp3) is 0.238. The van der Waals surface area contributed by atoms with E-state index in [4.69, 9.17) is 16.3 Å². The number of carbonyl (C=O) groups excluding carboxylic acids is 1. The number of carbonyl (C=O) groups is 1. The SMILES string of the molecule is CCN(C(=O)Cc1csc(COc2ccc(Cl)cc2)n1)c1ccccc1C. The van der Waals surface area contributed by atoms with E-state index in [1.807, 2.05) is 55.6 Å². The van der Waals surface area contributed by atoms with E-state index in [1.54, 1.807) is 17.0 Å². The number of hydrogen-bond acceptors (Lipinski definition) is 4. The first kappa shape index (κ1) is 19.4. The molecule has 0 unspecified atom stereocenters. The average Bonchev–Trinajstić information content (AvgIpc) is 3.11. The van der Waals surface area contributed by atoms with Crippen LogP contribution in [-0.4, -0.2) is 17.4 Å². The fourth-order valence-electron chi connectivity index (χ4n) is 2.77. The molecule has 4 nitrogen and oxygen atoms in total. The van der Waals surface area contributed by atoms with Gasteiger partial charge in [-0.1, -0.05) is 29.8 Å². The molecule has 0 aliphatic rings. The molecular formula is C21H21ClN2O2S. The van der Waals surface area contributed by atoms with Gasteiger partial charge in [-0.05, 0) is 49.7 Å². The Labute approximate surface area is 168 Å². The van der Waals surface area contributed by atoms with Crippen LogP contribution in [-0.2, 0) is 17.8 Å². The highest BCUT2D eigenvalue weighted by Crippen LogP contribution is 2.21. The Hall–Kier alpha value is -2.37. The fourth-order valence-corrected chi connectivity index (χ4v) is 3.60. The zero-order valence-corrected chi connectivity index (χ0v) is 16.9. The van der Waals surface area contributed by atoms with Crippen LogP contribution in [0, 0.1) is 6.92 Å². The van der Waals surface area contributed by atoms with Gasteiger partial charge in [-0.15, -0.1) is 11.3 Å². The third-order valence-corrected chi connectivity index (χ3v) is 5.25. The summed E-state index contributed by atoms with van der Waals surface area (Å²) in [5.74, 6) is 0.784. The van der Waals surface area contributed by atoms with Crippen LogP contribution in [0.2, 0.25) is 5.02 Å². The Morgan fingerprint density at radius 3 is 2.63 bits per heavy atom. The number of anilines is 1. The number of benzene rings is 2. The minimum atomic E-state index is 0.0438. The minimum Gasteiger partial charge on any atom is -0.486 e. The summed E-state index contributed by atoms with van der Waals surface area (Å²) in [6.07, 6.45) is 0.277. The van der Waals surface area contributed by atoms with Gasteiger partial charge in [-0.25, -0.2) is 4.98 Å². The quantitative estimate of drug-likeness (QED) is 0.541. The molecule has 140 valence electrons. The number of rotatable bonds is 7. The van der Waals surface area contributed by atoms with Crippen LogP contribution in [0.3, 0.4) is 0 Å². The van der Waals surface area contributed by atoms with Crippen molar-refractivity contribution in [2.24, 2.45) is 0 Å². The molecule has 0 fully saturated rings. The molecule has 2 aromatic carbocycles. The number of amides is 1. The highest BCUT2D eigenvalue weighted by Gasteiger charge is 2.17. The van der Waals surface area contributed by atoms with E-state index in [0.717, 1.165) is 27.7 Å². The van der Waals surface area contributed by atoms with E-state index in [0.29, 0.717) is 18.2 Å². The van der Waals surface area contributed by atoms with E-state index in [2.05, 4.69) is 4.98 Å². The van der Waals surface area contributed by atoms with Crippen molar-refractivity contribution < 1.29 is 9.53 Å². The van der Waals surface area contributed by atoms with E-state index in [9.17, 15) is 4.79 Å². The van der Waals surface area contributed by atoms with Crippen molar-refractivity contribution >= 4 is 34.5 Å². The van der Waals surface area contributed by atoms with Gasteiger partial charge in [-0.3, -0.25) is 4.79 Å². The number of aromatic nitrogens is 1. The summed E-state index contributed by atoms with van der Waals surface area (Å²) in [7, 11) is 0. The summed E-state index contributed by atoms with van der Waals surface area (Å²) in [6.45, 7) is 4.99. The van der Waals surface area contributed by atoms with E-state index in [1.165, 1.54) is 11.3 Å². The average molecular weight is 401 g/mol. The van der Waals surface area contributed by atoms with E-state index in [-0.39, 0.29) is 12.3 Å². The first-order valence-electron chi connectivity index (χ1n) is 8.74. The number of hydrogen-bond donors (Lipinski definition) is 0. The molecule has 1 amide bonds. The molecule has 3 rings (SSSR count). The lowest BCUT2D eigenvalue weighted by molar-refractivity contribution is -0.118. The Morgan fingerprint density at radius 1 is 1.19 bits per heavy atom. The summed E-state index contributed by atoms with van der Waals surface area (Å²) in [5.41, 5.74) is 2.81. The van der Waals surface area contributed by atoms with Gasteiger partial charge >= 0.3 is 0 Å². The van der Waals surface area contributed by atoms with Crippen LogP contribution >= 0.6 is 22.9 Å². The largest absolute Gasteiger partial charge is 0.486 e. The normalized spacial score (nSPS) is 10.6. The van der Waals surface area contributed by atoms with Crippen LogP contribution in [0.15, 0.2) is 53.9 Å². The Morgan fingerprint density at radius 2 is 1.93 bits per heavy atom. The van der Waals surface area contributed by atoms with Crippen LogP contribution < -0.4 is 9.64 Å². The summed E-state index contributed by atoms with van der Waals surface area (Å²) in [6, 6.07) is 15.1. The van der Waals surface area contributed by atoms with Crippen molar-refractivity contribution in [2.45, 2.75) is 26.9 Å². The minimum absolute atomic E-state index is 0.0438. The monoisotopic (exact) mass is 400 g/mol. The maximum atomic E-state index is 12.8. The van der Waals surface area contributed by atoms with Gasteiger partial charge in [0, 0.05) is 22.6 Å². The first-order chi connectivity index (χ1) is 13.1. The van der Waals surface area contributed by atoms with Crippen molar-refractivity contribution in [3.05, 3.63) is 75.2 Å². The topological polar surface area (TPSA) is 42.4 Å². The lowest BCUT2D eigenvalue weighted by Crippen LogP contribution is -2.32. The van der Waals surface area contributed by atoms with Crippen LogP contribution in [0.1, 0.15) is 23.2 Å². The predicted octanol–water partition coefficient (Wildman–Crippen LogP) is 5.28. The molecule has 6 heteroatoms. The van der Waals surface area contributed by atoms with Crippen molar-refractivity contribution in [2.75, 3.05) is 11.4 Å². The van der Waals surface area contributed by atoms with Gasteiger partial charge in [0.15, 0.2) is 0 Å². The van der Waals surface area contributed by atoms with Crippen molar-refractivity contribution in [3.8, 4) is 5.75 Å². The number of likely N-dealkylation sites (N-methyl/N-ethyl adjacent to an activating group) is 1. The third-order valence-electron chi connectivity index (χ3n) is 4.13. The molecule has 0 spiro atoms. The maximum Gasteiger partial charge on any atom is 0.233 e. The van der Waals surface area contributed by atoms with Crippen LogP contribution in [0.25, 0.3) is 0 Å². The molecule has 0 saturated carbocycles. The van der Waals surface area contributed by atoms with Gasteiger partial charge in [0.1, 0.15) is 17.4 Å². The van der Waals surface area contributed by atoms with Gasteiger partial charge in [0.25, 0.3) is 0 Å². The number of nitrogens with zero attached hydrogens (tertiary/aromatic N) is 2. The Bertz CT molecular complexity index is 909. The third kappa shape index (κ3) is 5.08. The van der Waals surface area contributed by atoms with Gasteiger partial charge in [-0.2, -0.15) is 0 Å². The highest BCUT2D eigenvalue weighted by molar-refractivity contribution is 7.09. The molecule has 1 aromatic heterocycles. The second-order valence-corrected chi connectivity index (χ2v) is 7.46. The number of ether oxygens (including phenoxy) is 1. The van der Waals surface area contributed by atoms with Crippen LogP contribution in [0.5, 0.6) is 5.75 Å². The lowest BCUT2D eigenvalue weighted by atomic mass is 10.1. The predicted molar refractivity (Wildman–Crippen MR) is 111 cm³/mol. The second-order valence-electron chi connectivity index (χ2n) is 6.08. The summed E-state index contributed by atoms with van der Waals surface area (Å²) < 4.78 is 5.71. The molecule has 0 aliphatic carbocycles. The lowest BCUT2D eigenvalue weighted by Gasteiger charge is -2.22. The van der Waals surface area contributed by atoms with E-state index >= 15 is 0 Å². The molecule has 3 aromatic rings. The standard InChI is InChI=1S/C21H21ClN2O2S/c1-3-24(19-7-5-4-6-15(19)2)21(25)12-17-14-27-20(23-17)13-26-18-10-8-16(22)9-11-18/h4-11,14H,3,12-13H2,1-2H3. The molecule has 0 saturated heterocycles. The number of thiazole rings is 1. The van der Waals surface area contributed by atoms with Crippen LogP contribution in [0.4, 0.5) is 5.69 Å². The van der Waals surface area contributed by atoms with Gasteiger partial charge in [0.2, 0.25) is 5.91 Å².